The summed E-state index contributed by atoms with van der Waals surface area (Å²) in [5, 5.41) is 9.71. The van der Waals surface area contributed by atoms with Crippen LogP contribution in [0.1, 0.15) is 6.42 Å². The molecule has 0 radical (unpaired) electrons. The van der Waals surface area contributed by atoms with Crippen molar-refractivity contribution in [3.05, 3.63) is 11.3 Å². The lowest BCUT2D eigenvalue weighted by atomic mass is 10.0. The van der Waals surface area contributed by atoms with E-state index < -0.39 is 12.2 Å². The van der Waals surface area contributed by atoms with Crippen molar-refractivity contribution in [1.29, 1.82) is 0 Å². The fraction of sp³-hybridized carbons (Fsp3) is 0.714. The summed E-state index contributed by atoms with van der Waals surface area (Å²) in [5.41, 5.74) is 0.805. The Balaban J connectivity index is 2.26. The second-order valence-corrected chi connectivity index (χ2v) is 3.06. The largest absolute Gasteiger partial charge is 0.416 e. The maximum Gasteiger partial charge on any atom is 0.416 e. The first-order valence-corrected chi connectivity index (χ1v) is 3.99. The molecule has 2 aliphatic heterocycles. The molecule has 0 aliphatic carbocycles. The lowest BCUT2D eigenvalue weighted by Crippen LogP contribution is -2.32. The van der Waals surface area contributed by atoms with Crippen molar-refractivity contribution < 1.29 is 13.2 Å². The fourth-order valence-electron chi connectivity index (χ4n) is 1.54. The highest BCUT2D eigenvalue weighted by Gasteiger charge is 2.46. The summed E-state index contributed by atoms with van der Waals surface area (Å²) in [6, 6.07) is -1.68. The first-order chi connectivity index (χ1) is 6.09. The summed E-state index contributed by atoms with van der Waals surface area (Å²) < 4.78 is 37.0. The molecule has 2 aliphatic rings. The Hall–Kier alpha value is -0.910. The molecular weight excluding hydrogens is 183 g/mol. The van der Waals surface area contributed by atoms with E-state index in [0.717, 1.165) is 0 Å². The highest BCUT2D eigenvalue weighted by atomic mass is 19.4. The molecule has 0 fully saturated rings. The summed E-state index contributed by atoms with van der Waals surface area (Å²) in [6.07, 6.45) is -3.88. The number of hydrogen-bond acceptors (Lipinski definition) is 3. The molecule has 72 valence electrons. The van der Waals surface area contributed by atoms with E-state index in [1.165, 1.54) is 0 Å². The number of nitrogens with one attached hydrogen (secondary N) is 1. The van der Waals surface area contributed by atoms with E-state index in [2.05, 4.69) is 15.5 Å². The smallest absolute Gasteiger partial charge is 0.311 e. The van der Waals surface area contributed by atoms with Gasteiger partial charge in [-0.3, -0.25) is 0 Å². The van der Waals surface area contributed by atoms with Crippen LogP contribution >= 0.6 is 0 Å². The van der Waals surface area contributed by atoms with Crippen molar-refractivity contribution in [3.8, 4) is 0 Å². The first kappa shape index (κ1) is 8.68. The third-order valence-electron chi connectivity index (χ3n) is 2.17. The van der Waals surface area contributed by atoms with E-state index in [0.29, 0.717) is 30.8 Å². The van der Waals surface area contributed by atoms with Gasteiger partial charge >= 0.3 is 6.18 Å². The second kappa shape index (κ2) is 2.80. The van der Waals surface area contributed by atoms with Crippen LogP contribution in [0.15, 0.2) is 21.5 Å². The van der Waals surface area contributed by atoms with Crippen LogP contribution in [0.2, 0.25) is 0 Å². The van der Waals surface area contributed by atoms with Gasteiger partial charge in [0.2, 0.25) is 0 Å². The predicted octanol–water partition coefficient (Wildman–Crippen LogP) is 1.63. The summed E-state index contributed by atoms with van der Waals surface area (Å²) >= 11 is 0. The molecule has 0 bridgehead atoms. The third kappa shape index (κ3) is 1.46. The summed E-state index contributed by atoms with van der Waals surface area (Å²) in [5.74, 6) is 0. The average molecular weight is 191 g/mol. The van der Waals surface area contributed by atoms with Gasteiger partial charge in [-0.1, -0.05) is 0 Å². The van der Waals surface area contributed by atoms with Crippen molar-refractivity contribution in [2.45, 2.75) is 18.6 Å². The Morgan fingerprint density at radius 3 is 2.85 bits per heavy atom. The maximum atomic E-state index is 12.3. The predicted molar refractivity (Wildman–Crippen MR) is 39.2 cm³/mol. The molecule has 6 heteroatoms. The molecule has 0 saturated carbocycles. The lowest BCUT2D eigenvalue weighted by molar-refractivity contribution is -0.139. The van der Waals surface area contributed by atoms with Crippen LogP contribution in [0.25, 0.3) is 0 Å². The van der Waals surface area contributed by atoms with Gasteiger partial charge in [-0.05, 0) is 18.5 Å². The van der Waals surface area contributed by atoms with Gasteiger partial charge in [-0.2, -0.15) is 23.4 Å². The molecule has 0 amide bonds. The summed E-state index contributed by atoms with van der Waals surface area (Å²) in [6.45, 7) is 0.988. The van der Waals surface area contributed by atoms with Gasteiger partial charge in [0.05, 0.1) is 5.70 Å². The van der Waals surface area contributed by atoms with Gasteiger partial charge in [0.1, 0.15) is 0 Å². The van der Waals surface area contributed by atoms with E-state index in [-0.39, 0.29) is 0 Å². The number of nitrogens with zero attached hydrogens (tertiary/aromatic N) is 2. The Morgan fingerprint density at radius 2 is 2.15 bits per heavy atom. The maximum absolute atomic E-state index is 12.3. The van der Waals surface area contributed by atoms with E-state index in [1.54, 1.807) is 0 Å². The molecule has 1 N–H and O–H groups in total. The standard InChI is InChI=1S/C7H8F3N3/c8-7(9,10)6-4-1-2-11-3-5(4)12-13-6/h6,11H,1-3H2. The molecule has 1 unspecified atom stereocenters. The number of hydrogen-bond donors (Lipinski definition) is 1. The highest BCUT2D eigenvalue weighted by Crippen LogP contribution is 2.36. The van der Waals surface area contributed by atoms with Crippen LogP contribution < -0.4 is 5.32 Å². The number of alkyl halides is 3. The van der Waals surface area contributed by atoms with Crippen LogP contribution in [0.5, 0.6) is 0 Å². The summed E-state index contributed by atoms with van der Waals surface area (Å²) in [7, 11) is 0. The minimum atomic E-state index is -4.28. The second-order valence-electron chi connectivity index (χ2n) is 3.06. The van der Waals surface area contributed by atoms with Gasteiger partial charge < -0.3 is 5.32 Å². The molecule has 2 rings (SSSR count). The van der Waals surface area contributed by atoms with Crippen molar-refractivity contribution in [1.82, 2.24) is 5.32 Å². The highest BCUT2D eigenvalue weighted by molar-refractivity contribution is 5.27. The zero-order valence-corrected chi connectivity index (χ0v) is 6.73. The minimum absolute atomic E-state index is 0.339. The van der Waals surface area contributed by atoms with Crippen molar-refractivity contribution in [2.24, 2.45) is 10.2 Å². The topological polar surface area (TPSA) is 36.8 Å². The van der Waals surface area contributed by atoms with Crippen LogP contribution in [0.4, 0.5) is 13.2 Å². The molecule has 0 saturated heterocycles. The van der Waals surface area contributed by atoms with Crippen LogP contribution in [-0.4, -0.2) is 25.3 Å². The molecule has 0 aromatic heterocycles. The Bertz CT molecular complexity index is 279. The van der Waals surface area contributed by atoms with Crippen LogP contribution in [-0.2, 0) is 0 Å². The molecule has 13 heavy (non-hydrogen) atoms. The van der Waals surface area contributed by atoms with Crippen molar-refractivity contribution >= 4 is 0 Å². The van der Waals surface area contributed by atoms with Gasteiger partial charge in [0, 0.05) is 6.54 Å². The SMILES string of the molecule is FC(F)(F)C1N=NC2=C1CCNC2. The van der Waals surface area contributed by atoms with Gasteiger partial charge in [-0.25, -0.2) is 0 Å². The monoisotopic (exact) mass is 191 g/mol. The Morgan fingerprint density at radius 1 is 1.38 bits per heavy atom. The van der Waals surface area contributed by atoms with E-state index in [4.69, 9.17) is 0 Å². The van der Waals surface area contributed by atoms with Crippen molar-refractivity contribution in [3.63, 3.8) is 0 Å². The van der Waals surface area contributed by atoms with Crippen LogP contribution in [0.3, 0.4) is 0 Å². The van der Waals surface area contributed by atoms with E-state index in [9.17, 15) is 13.2 Å². The third-order valence-corrected chi connectivity index (χ3v) is 2.17. The normalized spacial score (nSPS) is 28.1. The molecule has 2 heterocycles. The lowest BCUT2D eigenvalue weighted by Gasteiger charge is -2.18. The summed E-state index contributed by atoms with van der Waals surface area (Å²) in [4.78, 5) is 0. The minimum Gasteiger partial charge on any atom is -0.311 e. The first-order valence-electron chi connectivity index (χ1n) is 3.99. The molecule has 1 atom stereocenters. The quantitative estimate of drug-likeness (QED) is 0.620. The fourth-order valence-corrected chi connectivity index (χ4v) is 1.54. The average Bonchev–Trinajstić information content (AvgIpc) is 2.45. The van der Waals surface area contributed by atoms with E-state index in [1.807, 2.05) is 0 Å². The molecule has 0 spiro atoms. The molecular formula is C7H8F3N3. The van der Waals surface area contributed by atoms with Gasteiger partial charge in [0.25, 0.3) is 0 Å². The van der Waals surface area contributed by atoms with Crippen LogP contribution in [0, 0.1) is 0 Å². The molecule has 3 nitrogen and oxygen atoms in total. The van der Waals surface area contributed by atoms with Gasteiger partial charge in [-0.15, -0.1) is 0 Å². The zero-order chi connectivity index (χ0) is 9.47. The number of rotatable bonds is 0. The number of azo groups is 1. The van der Waals surface area contributed by atoms with Crippen molar-refractivity contribution in [2.75, 3.05) is 13.1 Å². The number of halogens is 3. The molecule has 0 aromatic rings. The zero-order valence-electron chi connectivity index (χ0n) is 6.73. The van der Waals surface area contributed by atoms with Gasteiger partial charge in [0.15, 0.2) is 6.04 Å². The Labute approximate surface area is 72.7 Å². The van der Waals surface area contributed by atoms with E-state index >= 15 is 0 Å². The molecule has 0 aromatic carbocycles. The Kier molecular flexibility index (Phi) is 1.87.